The lowest BCUT2D eigenvalue weighted by Gasteiger charge is -2.22. The van der Waals surface area contributed by atoms with Crippen molar-refractivity contribution in [1.82, 2.24) is 16.0 Å². The number of rotatable bonds is 7. The van der Waals surface area contributed by atoms with Crippen LogP contribution in [0.5, 0.6) is 0 Å². The van der Waals surface area contributed by atoms with E-state index >= 15 is 0 Å². The van der Waals surface area contributed by atoms with Crippen molar-refractivity contribution >= 4 is 23.8 Å². The van der Waals surface area contributed by atoms with Crippen LogP contribution in [-0.2, 0) is 19.7 Å². The number of hydrogen-bond acceptors (Lipinski definition) is 5. The molecule has 0 saturated heterocycles. The Labute approximate surface area is 178 Å². The van der Waals surface area contributed by atoms with E-state index in [1.54, 1.807) is 39.8 Å². The van der Waals surface area contributed by atoms with Crippen LogP contribution in [0.15, 0.2) is 24.3 Å². The number of esters is 1. The molecule has 0 aromatic heterocycles. The molecule has 0 aliphatic carbocycles. The summed E-state index contributed by atoms with van der Waals surface area (Å²) in [7, 11) is 0. The van der Waals surface area contributed by atoms with Crippen molar-refractivity contribution in [3.05, 3.63) is 35.4 Å². The van der Waals surface area contributed by atoms with Crippen LogP contribution in [0.4, 0.5) is 4.79 Å². The number of ether oxygens (including phenoxy) is 1. The monoisotopic (exact) mass is 419 g/mol. The molecule has 4 amide bonds. The third kappa shape index (κ3) is 8.23. The van der Waals surface area contributed by atoms with Gasteiger partial charge in [-0.05, 0) is 42.9 Å². The summed E-state index contributed by atoms with van der Waals surface area (Å²) in [4.78, 5) is 48.2. The minimum Gasteiger partial charge on any atom is -0.454 e. The second-order valence-corrected chi connectivity index (χ2v) is 8.81. The Balaban J connectivity index is 2.68. The number of benzene rings is 1. The molecule has 0 saturated carbocycles. The zero-order valence-electron chi connectivity index (χ0n) is 18.8. The molecule has 1 aromatic carbocycles. The normalized spacial score (nSPS) is 12.3. The molecule has 0 aliphatic rings. The van der Waals surface area contributed by atoms with Crippen LogP contribution in [0.1, 0.15) is 64.4 Å². The van der Waals surface area contributed by atoms with E-state index < -0.39 is 36.5 Å². The average Bonchev–Trinajstić information content (AvgIpc) is 2.62. The first-order valence-electron chi connectivity index (χ1n) is 9.99. The third-order valence-corrected chi connectivity index (χ3v) is 4.24. The molecule has 0 heterocycles. The number of nitrogens with one attached hydrogen (secondary N) is 3. The van der Waals surface area contributed by atoms with E-state index in [1.165, 1.54) is 0 Å². The van der Waals surface area contributed by atoms with Gasteiger partial charge in [-0.25, -0.2) is 9.59 Å². The molecule has 0 aliphatic heterocycles. The largest absolute Gasteiger partial charge is 0.454 e. The van der Waals surface area contributed by atoms with Crippen molar-refractivity contribution in [2.45, 2.75) is 66.0 Å². The highest BCUT2D eigenvalue weighted by Gasteiger charge is 2.27. The number of hydrogen-bond donors (Lipinski definition) is 3. The third-order valence-electron chi connectivity index (χ3n) is 4.24. The van der Waals surface area contributed by atoms with Gasteiger partial charge in [-0.15, -0.1) is 0 Å². The molecule has 1 aromatic rings. The summed E-state index contributed by atoms with van der Waals surface area (Å²) in [5, 5.41) is 7.21. The Bertz CT molecular complexity index is 764. The summed E-state index contributed by atoms with van der Waals surface area (Å²) in [5.41, 5.74) is 1.47. The van der Waals surface area contributed by atoms with Crippen LogP contribution in [0, 0.1) is 5.92 Å². The van der Waals surface area contributed by atoms with E-state index in [4.69, 9.17) is 4.74 Å². The van der Waals surface area contributed by atoms with Crippen molar-refractivity contribution in [2.24, 2.45) is 5.92 Å². The lowest BCUT2D eigenvalue weighted by molar-refractivity contribution is -0.151. The number of imide groups is 1. The Hall–Kier alpha value is -2.90. The highest BCUT2D eigenvalue weighted by atomic mass is 16.5. The smallest absolute Gasteiger partial charge is 0.329 e. The van der Waals surface area contributed by atoms with Gasteiger partial charge in [0.1, 0.15) is 6.04 Å². The van der Waals surface area contributed by atoms with E-state index in [2.05, 4.69) is 36.7 Å². The molecule has 8 heteroatoms. The van der Waals surface area contributed by atoms with Gasteiger partial charge in [0.15, 0.2) is 6.61 Å². The van der Waals surface area contributed by atoms with Crippen LogP contribution in [0.2, 0.25) is 0 Å². The first-order chi connectivity index (χ1) is 13.8. The molecule has 0 bridgehead atoms. The summed E-state index contributed by atoms with van der Waals surface area (Å²) in [6.07, 6.45) is 0. The van der Waals surface area contributed by atoms with Gasteiger partial charge in [0.2, 0.25) is 0 Å². The maximum Gasteiger partial charge on any atom is 0.329 e. The fourth-order valence-electron chi connectivity index (χ4n) is 2.53. The quantitative estimate of drug-likeness (QED) is 0.588. The predicted molar refractivity (Wildman–Crippen MR) is 114 cm³/mol. The molecule has 166 valence electrons. The second kappa shape index (κ2) is 10.8. The molecule has 30 heavy (non-hydrogen) atoms. The van der Waals surface area contributed by atoms with Crippen molar-refractivity contribution in [2.75, 3.05) is 6.61 Å². The van der Waals surface area contributed by atoms with Gasteiger partial charge >= 0.3 is 12.0 Å². The van der Waals surface area contributed by atoms with Crippen molar-refractivity contribution in [1.29, 1.82) is 0 Å². The SMILES string of the molecule is CC(C)NC(=O)NC(=O)COC(=O)C(NC(=O)c1ccc(C(C)(C)C)cc1)C(C)C. The summed E-state index contributed by atoms with van der Waals surface area (Å²) < 4.78 is 4.99. The lowest BCUT2D eigenvalue weighted by Crippen LogP contribution is -2.47. The average molecular weight is 420 g/mol. The highest BCUT2D eigenvalue weighted by molar-refractivity contribution is 5.98. The Morgan fingerprint density at radius 3 is 1.97 bits per heavy atom. The van der Waals surface area contributed by atoms with Crippen LogP contribution < -0.4 is 16.0 Å². The fourth-order valence-corrected chi connectivity index (χ4v) is 2.53. The number of urea groups is 1. The first-order valence-corrected chi connectivity index (χ1v) is 9.99. The van der Waals surface area contributed by atoms with E-state index in [0.29, 0.717) is 5.56 Å². The van der Waals surface area contributed by atoms with Gasteiger partial charge in [0.05, 0.1) is 0 Å². The molecular weight excluding hydrogens is 386 g/mol. The van der Waals surface area contributed by atoms with E-state index in [1.807, 2.05) is 12.1 Å². The molecule has 1 rings (SSSR count). The molecule has 0 radical (unpaired) electrons. The number of amides is 4. The van der Waals surface area contributed by atoms with Crippen molar-refractivity contribution < 1.29 is 23.9 Å². The highest BCUT2D eigenvalue weighted by Crippen LogP contribution is 2.22. The standard InChI is InChI=1S/C22H33N3O5/c1-13(2)18(20(28)30-12-17(26)24-21(29)23-14(3)4)25-19(27)15-8-10-16(11-9-15)22(5,6)7/h8-11,13-14,18H,12H2,1-7H3,(H,25,27)(H2,23,24,26,29). The van der Waals surface area contributed by atoms with E-state index in [9.17, 15) is 19.2 Å². The summed E-state index contributed by atoms with van der Waals surface area (Å²) >= 11 is 0. The van der Waals surface area contributed by atoms with Gasteiger partial charge in [0.25, 0.3) is 11.8 Å². The molecule has 8 nitrogen and oxygen atoms in total. The predicted octanol–water partition coefficient (Wildman–Crippen LogP) is 2.52. The van der Waals surface area contributed by atoms with Crippen LogP contribution in [-0.4, -0.2) is 42.5 Å². The lowest BCUT2D eigenvalue weighted by atomic mass is 9.86. The van der Waals surface area contributed by atoms with Crippen molar-refractivity contribution in [3.63, 3.8) is 0 Å². The van der Waals surface area contributed by atoms with Gasteiger partial charge in [-0.1, -0.05) is 46.8 Å². The van der Waals surface area contributed by atoms with Crippen molar-refractivity contribution in [3.8, 4) is 0 Å². The van der Waals surface area contributed by atoms with Crippen LogP contribution in [0.25, 0.3) is 0 Å². The zero-order chi connectivity index (χ0) is 23.1. The first kappa shape index (κ1) is 25.1. The van der Waals surface area contributed by atoms with E-state index in [0.717, 1.165) is 5.56 Å². The number of carbonyl (C=O) groups excluding carboxylic acids is 4. The topological polar surface area (TPSA) is 114 Å². The minimum absolute atomic E-state index is 0.0358. The van der Waals surface area contributed by atoms with Crippen LogP contribution in [0.3, 0.4) is 0 Å². The Kier molecular flexibility index (Phi) is 9.01. The van der Waals surface area contributed by atoms with E-state index in [-0.39, 0.29) is 17.4 Å². The molecule has 1 atom stereocenters. The van der Waals surface area contributed by atoms with Crippen LogP contribution >= 0.6 is 0 Å². The maximum absolute atomic E-state index is 12.6. The molecule has 3 N–H and O–H groups in total. The Morgan fingerprint density at radius 1 is 0.933 bits per heavy atom. The second-order valence-electron chi connectivity index (χ2n) is 8.81. The molecular formula is C22H33N3O5. The molecule has 1 unspecified atom stereocenters. The summed E-state index contributed by atoms with van der Waals surface area (Å²) in [5.74, 6) is -2.17. The van der Waals surface area contributed by atoms with Gasteiger partial charge in [-0.3, -0.25) is 14.9 Å². The zero-order valence-corrected chi connectivity index (χ0v) is 18.8. The van der Waals surface area contributed by atoms with Gasteiger partial charge in [0, 0.05) is 11.6 Å². The van der Waals surface area contributed by atoms with Gasteiger partial charge < -0.3 is 15.4 Å². The Morgan fingerprint density at radius 2 is 1.50 bits per heavy atom. The number of carbonyl (C=O) groups is 4. The summed E-state index contributed by atoms with van der Waals surface area (Å²) in [6.45, 7) is 12.6. The fraction of sp³-hybridized carbons (Fsp3) is 0.545. The molecule has 0 spiro atoms. The molecule has 0 fully saturated rings. The maximum atomic E-state index is 12.6. The van der Waals surface area contributed by atoms with Gasteiger partial charge in [-0.2, -0.15) is 0 Å². The minimum atomic E-state index is -0.933. The summed E-state index contributed by atoms with van der Waals surface area (Å²) in [6, 6.07) is 5.43.